The Bertz CT molecular complexity index is 1700. The first-order chi connectivity index (χ1) is 23.0. The zero-order valence-electron chi connectivity index (χ0n) is 26.6. The molecule has 1 aliphatic heterocycles. The van der Waals surface area contributed by atoms with Gasteiger partial charge in [0.1, 0.15) is 13.2 Å². The second kappa shape index (κ2) is 17.5. The van der Waals surface area contributed by atoms with Crippen LogP contribution in [0.3, 0.4) is 0 Å². The van der Waals surface area contributed by atoms with Crippen LogP contribution in [-0.4, -0.2) is 56.5 Å². The first-order valence-corrected chi connectivity index (χ1v) is 16.6. The summed E-state index contributed by atoms with van der Waals surface area (Å²) >= 11 is 14.5. The number of ether oxygens (including phenoxy) is 5. The lowest BCUT2D eigenvalue weighted by Crippen LogP contribution is -2.45. The minimum Gasteiger partial charge on any atom is -0.490 e. The molecule has 3 aromatic carbocycles. The Morgan fingerprint density at radius 2 is 1.79 bits per heavy atom. The summed E-state index contributed by atoms with van der Waals surface area (Å²) in [4.78, 5) is 24.7. The number of benzene rings is 3. The number of halogens is 3. The first kappa shape index (κ1) is 36.9. The molecule has 0 saturated heterocycles. The van der Waals surface area contributed by atoms with Gasteiger partial charge in [-0.05, 0) is 90.9 Å². The SMILES string of the molecule is CCOc1cc([C@H]2NC(=O)NC(C)=C2C(=O)OC)ccc1OC[C@H](O)N/N=C/c1cc(I)c(OCc2ccc(Cl)cc2Cl)c(OCC)c1. The van der Waals surface area contributed by atoms with Gasteiger partial charge in [0.05, 0.1) is 41.7 Å². The lowest BCUT2D eigenvalue weighted by atomic mass is 9.95. The molecule has 256 valence electrons. The lowest BCUT2D eigenvalue weighted by molar-refractivity contribution is -0.136. The largest absolute Gasteiger partial charge is 0.490 e. The third kappa shape index (κ3) is 9.58. The van der Waals surface area contributed by atoms with Gasteiger partial charge in [-0.2, -0.15) is 5.10 Å². The first-order valence-electron chi connectivity index (χ1n) is 14.8. The number of carbonyl (C=O) groups excluding carboxylic acids is 2. The molecule has 2 amide bonds. The maximum Gasteiger partial charge on any atom is 0.337 e. The number of urea groups is 1. The molecule has 12 nitrogen and oxygen atoms in total. The number of rotatable bonds is 15. The Kier molecular flexibility index (Phi) is 13.4. The van der Waals surface area contributed by atoms with Gasteiger partial charge in [-0.15, -0.1) is 0 Å². The molecule has 1 aliphatic rings. The second-order valence-electron chi connectivity index (χ2n) is 10.2. The second-order valence-corrected chi connectivity index (χ2v) is 12.2. The van der Waals surface area contributed by atoms with E-state index in [1.165, 1.54) is 13.3 Å². The Hall–Kier alpha value is -3.92. The number of methoxy groups -OCH3 is 1. The normalized spacial score (nSPS) is 15.0. The van der Waals surface area contributed by atoms with Crippen LogP contribution in [0.25, 0.3) is 0 Å². The highest BCUT2D eigenvalue weighted by Gasteiger charge is 2.32. The average Bonchev–Trinajstić information content (AvgIpc) is 3.04. The molecule has 0 bridgehead atoms. The molecule has 4 N–H and O–H groups in total. The van der Waals surface area contributed by atoms with Gasteiger partial charge < -0.3 is 39.4 Å². The van der Waals surface area contributed by atoms with Gasteiger partial charge in [-0.3, -0.25) is 5.43 Å². The van der Waals surface area contributed by atoms with Gasteiger partial charge in [0.2, 0.25) is 0 Å². The third-order valence-electron chi connectivity index (χ3n) is 6.83. The van der Waals surface area contributed by atoms with E-state index in [2.05, 4.69) is 43.8 Å². The van der Waals surface area contributed by atoms with Crippen LogP contribution in [0.2, 0.25) is 10.0 Å². The minimum absolute atomic E-state index is 0.172. The number of nitrogens with zero attached hydrogens (tertiary/aromatic N) is 1. The third-order valence-corrected chi connectivity index (χ3v) is 8.22. The lowest BCUT2D eigenvalue weighted by Gasteiger charge is -2.28. The number of esters is 1. The smallest absolute Gasteiger partial charge is 0.337 e. The number of carbonyl (C=O) groups is 2. The fourth-order valence-electron chi connectivity index (χ4n) is 4.67. The van der Waals surface area contributed by atoms with Gasteiger partial charge in [0, 0.05) is 21.3 Å². The van der Waals surface area contributed by atoms with Gasteiger partial charge >= 0.3 is 12.0 Å². The van der Waals surface area contributed by atoms with Crippen molar-refractivity contribution in [3.05, 3.63) is 90.1 Å². The van der Waals surface area contributed by atoms with Crippen molar-refractivity contribution < 1.29 is 38.4 Å². The molecule has 0 saturated carbocycles. The Morgan fingerprint density at radius 1 is 1.04 bits per heavy atom. The van der Waals surface area contributed by atoms with Crippen LogP contribution in [0.15, 0.2) is 64.9 Å². The molecule has 0 unspecified atom stereocenters. The van der Waals surface area contributed by atoms with Crippen molar-refractivity contribution in [1.29, 1.82) is 0 Å². The quantitative estimate of drug-likeness (QED) is 0.0470. The number of amides is 2. The van der Waals surface area contributed by atoms with Crippen molar-refractivity contribution in [1.82, 2.24) is 16.1 Å². The molecule has 4 rings (SSSR count). The summed E-state index contributed by atoms with van der Waals surface area (Å²) < 4.78 is 29.2. The highest BCUT2D eigenvalue weighted by Crippen LogP contribution is 2.36. The maximum atomic E-state index is 12.5. The van der Waals surface area contributed by atoms with E-state index in [4.69, 9.17) is 46.9 Å². The summed E-state index contributed by atoms with van der Waals surface area (Å²) in [6.07, 6.45) is 0.364. The summed E-state index contributed by atoms with van der Waals surface area (Å²) in [5.74, 6) is 1.22. The van der Waals surface area contributed by atoms with Crippen LogP contribution in [0.1, 0.15) is 43.5 Å². The van der Waals surface area contributed by atoms with Crippen LogP contribution < -0.4 is 35.0 Å². The Morgan fingerprint density at radius 3 is 2.50 bits per heavy atom. The fraction of sp³-hybridized carbons (Fsp3) is 0.303. The molecule has 1 heterocycles. The highest BCUT2D eigenvalue weighted by atomic mass is 127. The molecule has 0 spiro atoms. The molecular formula is C33H35Cl2IN4O8. The summed E-state index contributed by atoms with van der Waals surface area (Å²) in [6, 6.07) is 12.6. The van der Waals surface area contributed by atoms with Crippen molar-refractivity contribution in [2.24, 2.45) is 5.10 Å². The number of aliphatic hydroxyl groups excluding tert-OH is 1. The van der Waals surface area contributed by atoms with E-state index in [-0.39, 0.29) is 18.8 Å². The molecule has 0 aliphatic carbocycles. The predicted octanol–water partition coefficient (Wildman–Crippen LogP) is 6.10. The van der Waals surface area contributed by atoms with Crippen LogP contribution in [0, 0.1) is 3.57 Å². The van der Waals surface area contributed by atoms with E-state index in [1.807, 2.05) is 26.0 Å². The van der Waals surface area contributed by atoms with Crippen molar-refractivity contribution in [2.45, 2.75) is 39.6 Å². The number of hydrogen-bond donors (Lipinski definition) is 4. The van der Waals surface area contributed by atoms with Crippen molar-refractivity contribution in [3.63, 3.8) is 0 Å². The summed E-state index contributed by atoms with van der Waals surface area (Å²) in [7, 11) is 1.27. The Balaban J connectivity index is 1.40. The monoisotopic (exact) mass is 812 g/mol. The standard InChI is InChI=1S/C33H35Cl2IN4O8/c1-5-45-26-13-20(30-29(32(42)44-4)18(3)38-33(43)39-30)8-10-25(26)47-17-28(41)40-37-15-19-11-24(36)31(27(12-19)46-6-2)48-16-21-7-9-22(34)14-23(21)35/h7-15,28,30,40-41H,5-6,16-17H2,1-4H3,(H2,38,39,43)/b37-15+/t28-,30+/m0/s1. The minimum atomic E-state index is -1.17. The van der Waals surface area contributed by atoms with Gasteiger partial charge in [-0.25, -0.2) is 9.59 Å². The van der Waals surface area contributed by atoms with Crippen molar-refractivity contribution in [2.75, 3.05) is 26.9 Å². The molecule has 3 aromatic rings. The average molecular weight is 813 g/mol. The van der Waals surface area contributed by atoms with E-state index in [9.17, 15) is 14.7 Å². The van der Waals surface area contributed by atoms with Crippen LogP contribution in [0.5, 0.6) is 23.0 Å². The van der Waals surface area contributed by atoms with Crippen LogP contribution in [0.4, 0.5) is 4.79 Å². The summed E-state index contributed by atoms with van der Waals surface area (Å²) in [5.41, 5.74) is 5.35. The zero-order valence-corrected chi connectivity index (χ0v) is 30.2. The summed E-state index contributed by atoms with van der Waals surface area (Å²) in [5, 5.41) is 21.1. The van der Waals surface area contributed by atoms with E-state index in [0.29, 0.717) is 63.1 Å². The van der Waals surface area contributed by atoms with Crippen LogP contribution in [-0.2, 0) is 16.1 Å². The fourth-order valence-corrected chi connectivity index (χ4v) is 5.92. The molecule has 0 fully saturated rings. The van der Waals surface area contributed by atoms with E-state index in [0.717, 1.165) is 9.13 Å². The molecule has 0 aromatic heterocycles. The molecule has 15 heteroatoms. The number of allylic oxidation sites excluding steroid dienone is 1. The van der Waals surface area contributed by atoms with E-state index in [1.54, 1.807) is 43.3 Å². The predicted molar refractivity (Wildman–Crippen MR) is 190 cm³/mol. The van der Waals surface area contributed by atoms with Gasteiger partial charge in [0.25, 0.3) is 0 Å². The van der Waals surface area contributed by atoms with Crippen molar-refractivity contribution in [3.8, 4) is 23.0 Å². The number of hydrogen-bond acceptors (Lipinski definition) is 10. The molecule has 2 atom stereocenters. The molecular weight excluding hydrogens is 778 g/mol. The van der Waals surface area contributed by atoms with Gasteiger partial charge in [-0.1, -0.05) is 35.3 Å². The number of nitrogens with one attached hydrogen (secondary N) is 3. The van der Waals surface area contributed by atoms with Gasteiger partial charge in [0.15, 0.2) is 29.2 Å². The van der Waals surface area contributed by atoms with E-state index < -0.39 is 24.3 Å². The highest BCUT2D eigenvalue weighted by molar-refractivity contribution is 14.1. The number of hydrazone groups is 1. The Labute approximate surface area is 301 Å². The van der Waals surface area contributed by atoms with Crippen LogP contribution >= 0.6 is 45.8 Å². The van der Waals surface area contributed by atoms with Crippen molar-refractivity contribution >= 4 is 64.0 Å². The molecule has 48 heavy (non-hydrogen) atoms. The topological polar surface area (TPSA) is 149 Å². The van der Waals surface area contributed by atoms with E-state index >= 15 is 0 Å². The summed E-state index contributed by atoms with van der Waals surface area (Å²) in [6.45, 7) is 6.10. The maximum absolute atomic E-state index is 12.5. The zero-order chi connectivity index (χ0) is 34.8. The molecule has 0 radical (unpaired) electrons. The number of aliphatic hydroxyl groups is 1.